The van der Waals surface area contributed by atoms with Crippen molar-refractivity contribution < 1.29 is 14.3 Å². The maximum atomic E-state index is 13.2. The number of nitrogens with one attached hydrogen (secondary N) is 1. The van der Waals surface area contributed by atoms with E-state index in [1.807, 2.05) is 30.3 Å². The molecule has 0 saturated heterocycles. The van der Waals surface area contributed by atoms with Crippen LogP contribution < -0.4 is 5.32 Å². The van der Waals surface area contributed by atoms with E-state index in [0.29, 0.717) is 24.9 Å². The van der Waals surface area contributed by atoms with Crippen LogP contribution in [0.4, 0.5) is 11.4 Å². The van der Waals surface area contributed by atoms with E-state index < -0.39 is 5.54 Å². The van der Waals surface area contributed by atoms with Gasteiger partial charge in [-0.1, -0.05) is 42.0 Å². The number of ether oxygens (including phenoxy) is 1. The average molecular weight is 427 g/mol. The van der Waals surface area contributed by atoms with E-state index in [2.05, 4.69) is 48.6 Å². The summed E-state index contributed by atoms with van der Waals surface area (Å²) in [6, 6.07) is 22.5. The van der Waals surface area contributed by atoms with Crippen molar-refractivity contribution in [2.45, 2.75) is 38.3 Å². The minimum absolute atomic E-state index is 0.0791. The molecule has 5 nitrogen and oxygen atoms in total. The van der Waals surface area contributed by atoms with Gasteiger partial charge in [0.15, 0.2) is 0 Å². The maximum absolute atomic E-state index is 13.2. The Labute approximate surface area is 188 Å². The van der Waals surface area contributed by atoms with Gasteiger partial charge in [0.2, 0.25) is 0 Å². The highest BCUT2D eigenvalue weighted by Gasteiger charge is 2.54. The second-order valence-electron chi connectivity index (χ2n) is 8.71. The lowest BCUT2D eigenvalue weighted by atomic mass is 9.75. The van der Waals surface area contributed by atoms with Gasteiger partial charge >= 0.3 is 5.97 Å². The van der Waals surface area contributed by atoms with E-state index in [1.54, 1.807) is 4.90 Å². The van der Waals surface area contributed by atoms with Crippen LogP contribution in [0.2, 0.25) is 0 Å². The van der Waals surface area contributed by atoms with Crippen LogP contribution >= 0.6 is 0 Å². The van der Waals surface area contributed by atoms with E-state index >= 15 is 0 Å². The summed E-state index contributed by atoms with van der Waals surface area (Å²) in [7, 11) is 1.39. The van der Waals surface area contributed by atoms with Crippen molar-refractivity contribution in [1.82, 2.24) is 4.90 Å². The van der Waals surface area contributed by atoms with Crippen molar-refractivity contribution in [2.24, 2.45) is 0 Å². The van der Waals surface area contributed by atoms with Crippen LogP contribution in [0, 0.1) is 6.92 Å². The van der Waals surface area contributed by atoms with Crippen LogP contribution in [0.15, 0.2) is 66.7 Å². The van der Waals surface area contributed by atoms with Gasteiger partial charge in [-0.15, -0.1) is 0 Å². The number of benzene rings is 3. The molecule has 0 atom stereocenters. The molecular formula is C27H26N2O3. The fraction of sp³-hybridized carbons (Fsp3) is 0.259. The van der Waals surface area contributed by atoms with E-state index in [9.17, 15) is 9.59 Å². The number of esters is 1. The fourth-order valence-electron chi connectivity index (χ4n) is 4.66. The molecule has 3 aromatic rings. The van der Waals surface area contributed by atoms with E-state index in [1.165, 1.54) is 12.7 Å². The van der Waals surface area contributed by atoms with E-state index in [0.717, 1.165) is 34.5 Å². The molecule has 162 valence electrons. The van der Waals surface area contributed by atoms with Crippen LogP contribution in [0.1, 0.15) is 40.7 Å². The minimum atomic E-state index is -0.797. The van der Waals surface area contributed by atoms with Gasteiger partial charge in [0.1, 0.15) is 5.54 Å². The Morgan fingerprint density at radius 1 is 0.938 bits per heavy atom. The highest BCUT2D eigenvalue weighted by Crippen LogP contribution is 2.43. The van der Waals surface area contributed by atoms with Crippen molar-refractivity contribution in [3.05, 3.63) is 83.4 Å². The van der Waals surface area contributed by atoms with Gasteiger partial charge in [0, 0.05) is 23.5 Å². The van der Waals surface area contributed by atoms with Crippen molar-refractivity contribution in [2.75, 3.05) is 12.4 Å². The Balaban J connectivity index is 1.36. The standard InChI is InChI=1S/C27H26N2O3/c1-18-4-10-22(11-5-18)28-23-12-8-19(9-13-23)20-6-7-21-17-29(25(30)24(21)16-20)27(14-3-15-27)26(31)32-2/h4-13,16,28H,3,14-15,17H2,1-2H3. The van der Waals surface area contributed by atoms with Crippen molar-refractivity contribution >= 4 is 23.3 Å². The number of amides is 1. The fourth-order valence-corrected chi connectivity index (χ4v) is 4.66. The summed E-state index contributed by atoms with van der Waals surface area (Å²) in [5.74, 6) is -0.383. The zero-order valence-corrected chi connectivity index (χ0v) is 18.4. The Morgan fingerprint density at radius 3 is 2.16 bits per heavy atom. The number of methoxy groups -OCH3 is 1. The number of carbonyl (C=O) groups excluding carboxylic acids is 2. The molecule has 0 spiro atoms. The molecule has 1 saturated carbocycles. The lowest BCUT2D eigenvalue weighted by Crippen LogP contribution is -2.59. The Kier molecular flexibility index (Phi) is 4.97. The molecule has 0 unspecified atom stereocenters. The second kappa shape index (κ2) is 7.83. The van der Waals surface area contributed by atoms with Gasteiger partial charge in [-0.2, -0.15) is 0 Å². The number of aryl methyl sites for hydroxylation is 1. The predicted octanol–water partition coefficient (Wildman–Crippen LogP) is 5.46. The lowest BCUT2D eigenvalue weighted by Gasteiger charge is -2.45. The average Bonchev–Trinajstić information content (AvgIpc) is 3.11. The molecule has 5 heteroatoms. The molecule has 0 bridgehead atoms. The summed E-state index contributed by atoms with van der Waals surface area (Å²) in [6.45, 7) is 2.53. The highest BCUT2D eigenvalue weighted by atomic mass is 16.5. The van der Waals surface area contributed by atoms with Gasteiger partial charge in [-0.3, -0.25) is 4.79 Å². The summed E-state index contributed by atoms with van der Waals surface area (Å²) < 4.78 is 5.03. The summed E-state index contributed by atoms with van der Waals surface area (Å²) in [5, 5.41) is 3.41. The largest absolute Gasteiger partial charge is 0.467 e. The van der Waals surface area contributed by atoms with Crippen molar-refractivity contribution in [1.29, 1.82) is 0 Å². The number of anilines is 2. The SMILES string of the molecule is COC(=O)C1(N2Cc3ccc(-c4ccc(Nc5ccc(C)cc5)cc4)cc3C2=O)CCC1. The smallest absolute Gasteiger partial charge is 0.331 e. The van der Waals surface area contributed by atoms with E-state index in [4.69, 9.17) is 4.74 Å². The molecule has 3 aromatic carbocycles. The number of carbonyl (C=O) groups is 2. The Morgan fingerprint density at radius 2 is 1.56 bits per heavy atom. The number of rotatable bonds is 5. The van der Waals surface area contributed by atoms with Crippen molar-refractivity contribution in [3.63, 3.8) is 0 Å². The highest BCUT2D eigenvalue weighted by molar-refractivity contribution is 6.03. The third kappa shape index (κ3) is 3.34. The van der Waals surface area contributed by atoms with Gasteiger partial charge in [-0.05, 0) is 73.2 Å². The first-order valence-electron chi connectivity index (χ1n) is 11.0. The molecule has 5 rings (SSSR count). The van der Waals surface area contributed by atoms with Crippen LogP contribution in [-0.4, -0.2) is 29.4 Å². The summed E-state index contributed by atoms with van der Waals surface area (Å²) in [5.41, 5.74) is 6.15. The van der Waals surface area contributed by atoms with Crippen LogP contribution in [0.5, 0.6) is 0 Å². The van der Waals surface area contributed by atoms with Gasteiger partial charge in [-0.25, -0.2) is 4.79 Å². The minimum Gasteiger partial charge on any atom is -0.467 e. The van der Waals surface area contributed by atoms with Crippen LogP contribution in [-0.2, 0) is 16.1 Å². The molecule has 0 aromatic heterocycles. The third-order valence-electron chi connectivity index (χ3n) is 6.74. The number of fused-ring (bicyclic) bond motifs is 1. The van der Waals surface area contributed by atoms with Gasteiger partial charge in [0.25, 0.3) is 5.91 Å². The summed E-state index contributed by atoms with van der Waals surface area (Å²) >= 11 is 0. The summed E-state index contributed by atoms with van der Waals surface area (Å²) in [4.78, 5) is 27.4. The predicted molar refractivity (Wildman–Crippen MR) is 125 cm³/mol. The lowest BCUT2D eigenvalue weighted by molar-refractivity contribution is -0.159. The molecule has 1 heterocycles. The van der Waals surface area contributed by atoms with Crippen molar-refractivity contribution in [3.8, 4) is 11.1 Å². The molecular weight excluding hydrogens is 400 g/mol. The maximum Gasteiger partial charge on any atom is 0.331 e. The zero-order valence-electron chi connectivity index (χ0n) is 18.4. The zero-order chi connectivity index (χ0) is 22.3. The molecule has 1 aliphatic heterocycles. The quantitative estimate of drug-likeness (QED) is 0.551. The monoisotopic (exact) mass is 426 g/mol. The first kappa shape index (κ1) is 20.3. The second-order valence-corrected chi connectivity index (χ2v) is 8.71. The number of hydrogen-bond acceptors (Lipinski definition) is 4. The van der Waals surface area contributed by atoms with Gasteiger partial charge < -0.3 is 15.0 Å². The van der Waals surface area contributed by atoms with Crippen LogP contribution in [0.3, 0.4) is 0 Å². The normalized spacial score (nSPS) is 16.3. The molecule has 1 fully saturated rings. The number of nitrogens with zero attached hydrogens (tertiary/aromatic N) is 1. The first-order valence-corrected chi connectivity index (χ1v) is 11.0. The Bertz CT molecular complexity index is 1180. The van der Waals surface area contributed by atoms with Crippen LogP contribution in [0.25, 0.3) is 11.1 Å². The molecule has 1 aliphatic carbocycles. The third-order valence-corrected chi connectivity index (χ3v) is 6.74. The van der Waals surface area contributed by atoms with Gasteiger partial charge in [0.05, 0.1) is 7.11 Å². The first-order chi connectivity index (χ1) is 15.5. The molecule has 1 amide bonds. The van der Waals surface area contributed by atoms with E-state index in [-0.39, 0.29) is 11.9 Å². The molecule has 32 heavy (non-hydrogen) atoms. The molecule has 0 radical (unpaired) electrons. The molecule has 1 N–H and O–H groups in total. The summed E-state index contributed by atoms with van der Waals surface area (Å²) in [6.07, 6.45) is 2.27. The Hall–Kier alpha value is -3.60. The topological polar surface area (TPSA) is 58.6 Å². The number of hydrogen-bond donors (Lipinski definition) is 1. The molecule has 2 aliphatic rings.